The highest BCUT2D eigenvalue weighted by Crippen LogP contribution is 2.38. The summed E-state index contributed by atoms with van der Waals surface area (Å²) in [6, 6.07) is 4.38. The molecule has 0 saturated heterocycles. The van der Waals surface area contributed by atoms with Crippen molar-refractivity contribution in [1.82, 2.24) is 5.32 Å². The zero-order valence-electron chi connectivity index (χ0n) is 10.00. The molecule has 0 aliphatic carbocycles. The van der Waals surface area contributed by atoms with Crippen LogP contribution in [-0.2, 0) is 0 Å². The summed E-state index contributed by atoms with van der Waals surface area (Å²) >= 11 is 3.50. The predicted octanol–water partition coefficient (Wildman–Crippen LogP) is 2.84. The van der Waals surface area contributed by atoms with Gasteiger partial charge in [0.05, 0.1) is 4.47 Å². The maximum atomic E-state index is 5.57. The van der Waals surface area contributed by atoms with E-state index in [2.05, 4.69) is 40.3 Å². The van der Waals surface area contributed by atoms with E-state index in [1.807, 2.05) is 19.2 Å². The Bertz CT molecular complexity index is 432. The van der Waals surface area contributed by atoms with Gasteiger partial charge in [0.15, 0.2) is 11.5 Å². The summed E-state index contributed by atoms with van der Waals surface area (Å²) in [6.45, 7) is 3.32. The zero-order chi connectivity index (χ0) is 12.3. The number of hydrogen-bond acceptors (Lipinski definition) is 3. The smallest absolute Gasteiger partial charge is 0.175 e. The van der Waals surface area contributed by atoms with Crippen LogP contribution in [0, 0.1) is 0 Å². The highest BCUT2D eigenvalue weighted by Gasteiger charge is 2.15. The SMILES string of the molecule is CNC(C)/C=C/c1cc(Br)c2c(c1)OCCO2. The van der Waals surface area contributed by atoms with Crippen LogP contribution in [0.15, 0.2) is 22.7 Å². The maximum Gasteiger partial charge on any atom is 0.175 e. The Morgan fingerprint density at radius 2 is 2.12 bits per heavy atom. The summed E-state index contributed by atoms with van der Waals surface area (Å²) in [6.07, 6.45) is 4.18. The largest absolute Gasteiger partial charge is 0.486 e. The lowest BCUT2D eigenvalue weighted by Crippen LogP contribution is -2.17. The third kappa shape index (κ3) is 3.01. The monoisotopic (exact) mass is 297 g/mol. The summed E-state index contributed by atoms with van der Waals surface area (Å²) in [5.74, 6) is 1.61. The molecule has 1 aromatic carbocycles. The Morgan fingerprint density at radius 1 is 1.35 bits per heavy atom. The number of nitrogens with one attached hydrogen (secondary N) is 1. The van der Waals surface area contributed by atoms with E-state index >= 15 is 0 Å². The van der Waals surface area contributed by atoms with Crippen LogP contribution in [0.2, 0.25) is 0 Å². The fourth-order valence-electron chi connectivity index (χ4n) is 1.58. The van der Waals surface area contributed by atoms with Gasteiger partial charge in [0.2, 0.25) is 0 Å². The van der Waals surface area contributed by atoms with Crippen molar-refractivity contribution >= 4 is 22.0 Å². The van der Waals surface area contributed by atoms with Crippen molar-refractivity contribution in [3.63, 3.8) is 0 Å². The number of rotatable bonds is 3. The van der Waals surface area contributed by atoms with Gasteiger partial charge in [0.1, 0.15) is 13.2 Å². The molecule has 0 aromatic heterocycles. The number of fused-ring (bicyclic) bond motifs is 1. The van der Waals surface area contributed by atoms with E-state index in [1.165, 1.54) is 0 Å². The highest BCUT2D eigenvalue weighted by molar-refractivity contribution is 9.10. The average molecular weight is 298 g/mol. The van der Waals surface area contributed by atoms with Gasteiger partial charge < -0.3 is 14.8 Å². The number of hydrogen-bond donors (Lipinski definition) is 1. The summed E-state index contributed by atoms with van der Waals surface area (Å²) in [4.78, 5) is 0. The van der Waals surface area contributed by atoms with Crippen LogP contribution in [0.4, 0.5) is 0 Å². The average Bonchev–Trinajstić information content (AvgIpc) is 2.36. The fourth-order valence-corrected chi connectivity index (χ4v) is 2.15. The molecule has 0 saturated carbocycles. The molecule has 1 aromatic rings. The highest BCUT2D eigenvalue weighted by atomic mass is 79.9. The lowest BCUT2D eigenvalue weighted by Gasteiger charge is -2.20. The maximum absolute atomic E-state index is 5.57. The molecule has 1 heterocycles. The molecule has 1 atom stereocenters. The molecule has 0 radical (unpaired) electrons. The van der Waals surface area contributed by atoms with Gasteiger partial charge in [-0.2, -0.15) is 0 Å². The third-order valence-corrected chi connectivity index (χ3v) is 3.24. The lowest BCUT2D eigenvalue weighted by molar-refractivity contribution is 0.170. The number of likely N-dealkylation sites (N-methyl/N-ethyl adjacent to an activating group) is 1. The summed E-state index contributed by atoms with van der Waals surface area (Å²) in [5.41, 5.74) is 1.10. The van der Waals surface area contributed by atoms with E-state index in [0.717, 1.165) is 21.5 Å². The Labute approximate surface area is 110 Å². The molecule has 0 fully saturated rings. The van der Waals surface area contributed by atoms with Gasteiger partial charge in [0, 0.05) is 6.04 Å². The molecule has 0 spiro atoms. The minimum atomic E-state index is 0.349. The quantitative estimate of drug-likeness (QED) is 0.931. The Kier molecular flexibility index (Phi) is 4.07. The molecule has 17 heavy (non-hydrogen) atoms. The molecular formula is C13H16BrNO2. The normalized spacial score (nSPS) is 16.2. The van der Waals surface area contributed by atoms with E-state index in [9.17, 15) is 0 Å². The van der Waals surface area contributed by atoms with Crippen LogP contribution in [0.5, 0.6) is 11.5 Å². The molecule has 1 aliphatic heterocycles. The van der Waals surface area contributed by atoms with Crippen LogP contribution in [0.25, 0.3) is 6.08 Å². The molecule has 92 valence electrons. The minimum Gasteiger partial charge on any atom is -0.486 e. The van der Waals surface area contributed by atoms with Crippen molar-refractivity contribution in [2.45, 2.75) is 13.0 Å². The summed E-state index contributed by atoms with van der Waals surface area (Å²) in [7, 11) is 1.94. The second-order valence-corrected chi connectivity index (χ2v) is 4.82. The molecule has 3 nitrogen and oxygen atoms in total. The molecule has 0 bridgehead atoms. The van der Waals surface area contributed by atoms with E-state index in [-0.39, 0.29) is 0 Å². The number of halogens is 1. The molecule has 0 amide bonds. The van der Waals surface area contributed by atoms with Crippen LogP contribution in [0.1, 0.15) is 12.5 Å². The van der Waals surface area contributed by atoms with Crippen molar-refractivity contribution in [2.75, 3.05) is 20.3 Å². The van der Waals surface area contributed by atoms with Crippen LogP contribution in [-0.4, -0.2) is 26.3 Å². The minimum absolute atomic E-state index is 0.349. The first-order valence-corrected chi connectivity index (χ1v) is 6.44. The summed E-state index contributed by atoms with van der Waals surface area (Å²) < 4.78 is 12.1. The lowest BCUT2D eigenvalue weighted by atomic mass is 10.1. The number of ether oxygens (including phenoxy) is 2. The van der Waals surface area contributed by atoms with Gasteiger partial charge in [-0.15, -0.1) is 0 Å². The summed E-state index contributed by atoms with van der Waals surface area (Å²) in [5, 5.41) is 3.16. The number of benzene rings is 1. The van der Waals surface area contributed by atoms with Gasteiger partial charge in [0.25, 0.3) is 0 Å². The van der Waals surface area contributed by atoms with Gasteiger partial charge in [-0.1, -0.05) is 12.2 Å². The van der Waals surface area contributed by atoms with Gasteiger partial charge >= 0.3 is 0 Å². The van der Waals surface area contributed by atoms with Crippen molar-refractivity contribution in [3.8, 4) is 11.5 Å². The van der Waals surface area contributed by atoms with Crippen LogP contribution in [0.3, 0.4) is 0 Å². The van der Waals surface area contributed by atoms with Crippen LogP contribution < -0.4 is 14.8 Å². The van der Waals surface area contributed by atoms with Crippen molar-refractivity contribution < 1.29 is 9.47 Å². The first-order valence-electron chi connectivity index (χ1n) is 5.65. The first-order chi connectivity index (χ1) is 8.20. The topological polar surface area (TPSA) is 30.5 Å². The predicted molar refractivity (Wildman–Crippen MR) is 72.7 cm³/mol. The fraction of sp³-hybridized carbons (Fsp3) is 0.385. The van der Waals surface area contributed by atoms with E-state index in [1.54, 1.807) is 0 Å². The second kappa shape index (κ2) is 5.56. The van der Waals surface area contributed by atoms with E-state index in [0.29, 0.717) is 19.3 Å². The van der Waals surface area contributed by atoms with E-state index in [4.69, 9.17) is 9.47 Å². The van der Waals surface area contributed by atoms with Crippen molar-refractivity contribution in [3.05, 3.63) is 28.2 Å². The van der Waals surface area contributed by atoms with Crippen LogP contribution >= 0.6 is 15.9 Å². The molecule has 4 heteroatoms. The van der Waals surface area contributed by atoms with Gasteiger partial charge in [-0.25, -0.2) is 0 Å². The van der Waals surface area contributed by atoms with Crippen molar-refractivity contribution in [1.29, 1.82) is 0 Å². The zero-order valence-corrected chi connectivity index (χ0v) is 11.6. The molecule has 1 unspecified atom stereocenters. The van der Waals surface area contributed by atoms with Crippen molar-refractivity contribution in [2.24, 2.45) is 0 Å². The van der Waals surface area contributed by atoms with Gasteiger partial charge in [-0.3, -0.25) is 0 Å². The van der Waals surface area contributed by atoms with Gasteiger partial charge in [-0.05, 0) is 47.6 Å². The standard InChI is InChI=1S/C13H16BrNO2/c1-9(15-2)3-4-10-7-11(14)13-12(8-10)16-5-6-17-13/h3-4,7-9,15H,5-6H2,1-2H3/b4-3+. The molecule has 1 aliphatic rings. The second-order valence-electron chi connectivity index (χ2n) is 3.96. The molecular weight excluding hydrogens is 282 g/mol. The Morgan fingerprint density at radius 3 is 2.88 bits per heavy atom. The molecule has 2 rings (SSSR count). The third-order valence-electron chi connectivity index (χ3n) is 2.65. The Hall–Kier alpha value is -1.00. The first kappa shape index (κ1) is 12.5. The van der Waals surface area contributed by atoms with E-state index < -0.39 is 0 Å². The molecule has 1 N–H and O–H groups in total. The Balaban J connectivity index is 2.25.